The number of methoxy groups -OCH3 is 2. The minimum Gasteiger partial charge on any atom is -0.497 e. The molecule has 10 heteroatoms. The van der Waals surface area contributed by atoms with Crippen molar-refractivity contribution in [2.24, 2.45) is 0 Å². The lowest BCUT2D eigenvalue weighted by atomic mass is 10.0. The number of fused-ring (bicyclic) bond motifs is 3. The van der Waals surface area contributed by atoms with Gasteiger partial charge in [0.05, 0.1) is 31.5 Å². The number of aromatic nitrogens is 3. The number of pyridine rings is 1. The monoisotopic (exact) mass is 417 g/mol. The maximum Gasteiger partial charge on any atom is 0.491 e. The van der Waals surface area contributed by atoms with Gasteiger partial charge >= 0.3 is 12.1 Å². The number of carbonyl (C=O) groups is 1. The number of rotatable bonds is 4. The SMILES string of the molecule is COc1cc(OC)c2c(-c3ccc(OC(=O)C(F)(F)F)cc3)nc3[nH]ncc3c2c1. The molecule has 0 aliphatic carbocycles. The van der Waals surface area contributed by atoms with Crippen molar-refractivity contribution in [1.82, 2.24) is 15.2 Å². The molecule has 7 nitrogen and oxygen atoms in total. The predicted molar refractivity (Wildman–Crippen MR) is 102 cm³/mol. The fourth-order valence-corrected chi connectivity index (χ4v) is 3.11. The molecule has 0 atom stereocenters. The summed E-state index contributed by atoms with van der Waals surface area (Å²) in [6.45, 7) is 0. The molecule has 0 unspecified atom stereocenters. The van der Waals surface area contributed by atoms with E-state index in [9.17, 15) is 18.0 Å². The Kier molecular flexibility index (Phi) is 4.69. The summed E-state index contributed by atoms with van der Waals surface area (Å²) in [5.41, 5.74) is 1.60. The van der Waals surface area contributed by atoms with E-state index in [2.05, 4.69) is 19.9 Å². The number of halogens is 3. The molecular weight excluding hydrogens is 403 g/mol. The molecule has 0 saturated carbocycles. The van der Waals surface area contributed by atoms with Crippen molar-refractivity contribution in [3.05, 3.63) is 42.6 Å². The third-order valence-electron chi connectivity index (χ3n) is 4.47. The molecule has 4 rings (SSSR count). The molecule has 4 aromatic rings. The van der Waals surface area contributed by atoms with Crippen LogP contribution in [0.4, 0.5) is 13.2 Å². The summed E-state index contributed by atoms with van der Waals surface area (Å²) in [4.78, 5) is 15.6. The van der Waals surface area contributed by atoms with Crippen LogP contribution >= 0.6 is 0 Å². The van der Waals surface area contributed by atoms with E-state index in [0.717, 1.165) is 10.8 Å². The molecule has 0 fully saturated rings. The third kappa shape index (κ3) is 3.36. The Morgan fingerprint density at radius 2 is 1.73 bits per heavy atom. The number of hydrogen-bond donors (Lipinski definition) is 1. The number of nitrogens with zero attached hydrogens (tertiary/aromatic N) is 2. The molecule has 154 valence electrons. The van der Waals surface area contributed by atoms with Crippen LogP contribution in [0, 0.1) is 0 Å². The van der Waals surface area contributed by atoms with Crippen LogP contribution in [0.1, 0.15) is 0 Å². The number of benzene rings is 2. The van der Waals surface area contributed by atoms with Crippen molar-refractivity contribution >= 4 is 27.8 Å². The first kappa shape index (κ1) is 19.5. The first-order valence-electron chi connectivity index (χ1n) is 8.60. The Morgan fingerprint density at radius 1 is 1.00 bits per heavy atom. The van der Waals surface area contributed by atoms with E-state index in [4.69, 9.17) is 9.47 Å². The van der Waals surface area contributed by atoms with Crippen LogP contribution in [0.5, 0.6) is 17.2 Å². The molecule has 0 amide bonds. The van der Waals surface area contributed by atoms with E-state index in [1.165, 1.54) is 38.5 Å². The average Bonchev–Trinajstić information content (AvgIpc) is 3.21. The zero-order valence-corrected chi connectivity index (χ0v) is 15.7. The lowest BCUT2D eigenvalue weighted by Crippen LogP contribution is -2.27. The molecule has 0 aliphatic heterocycles. The predicted octanol–water partition coefficient (Wildman–Crippen LogP) is 4.26. The maximum atomic E-state index is 12.4. The lowest BCUT2D eigenvalue weighted by Gasteiger charge is -2.13. The number of hydrogen-bond acceptors (Lipinski definition) is 6. The van der Waals surface area contributed by atoms with Crippen LogP contribution in [-0.2, 0) is 4.79 Å². The second-order valence-electron chi connectivity index (χ2n) is 6.26. The van der Waals surface area contributed by atoms with Gasteiger partial charge in [0, 0.05) is 22.4 Å². The van der Waals surface area contributed by atoms with Gasteiger partial charge in [-0.25, -0.2) is 9.78 Å². The zero-order valence-electron chi connectivity index (χ0n) is 15.7. The van der Waals surface area contributed by atoms with Crippen molar-refractivity contribution in [3.63, 3.8) is 0 Å². The minimum absolute atomic E-state index is 0.235. The highest BCUT2D eigenvalue weighted by atomic mass is 19.4. The summed E-state index contributed by atoms with van der Waals surface area (Å²) in [6.07, 6.45) is -3.44. The van der Waals surface area contributed by atoms with Crippen LogP contribution in [0.25, 0.3) is 33.1 Å². The molecular formula is C20H14F3N3O4. The summed E-state index contributed by atoms with van der Waals surface area (Å²) >= 11 is 0. The molecule has 0 spiro atoms. The first-order chi connectivity index (χ1) is 14.3. The topological polar surface area (TPSA) is 86.3 Å². The second kappa shape index (κ2) is 7.21. The summed E-state index contributed by atoms with van der Waals surface area (Å²) in [5.74, 6) is -1.44. The smallest absolute Gasteiger partial charge is 0.491 e. The molecule has 0 saturated heterocycles. The highest BCUT2D eigenvalue weighted by molar-refractivity contribution is 6.12. The number of aromatic amines is 1. The summed E-state index contributed by atoms with van der Waals surface area (Å²) in [6, 6.07) is 9.07. The van der Waals surface area contributed by atoms with Gasteiger partial charge in [-0.2, -0.15) is 18.3 Å². The van der Waals surface area contributed by atoms with E-state index >= 15 is 0 Å². The van der Waals surface area contributed by atoms with E-state index in [1.807, 2.05) is 6.07 Å². The third-order valence-corrected chi connectivity index (χ3v) is 4.47. The number of H-pyrrole nitrogens is 1. The summed E-state index contributed by atoms with van der Waals surface area (Å²) in [7, 11) is 3.05. The number of ether oxygens (including phenoxy) is 3. The van der Waals surface area contributed by atoms with Crippen LogP contribution < -0.4 is 14.2 Å². The molecule has 1 N–H and O–H groups in total. The second-order valence-corrected chi connectivity index (χ2v) is 6.26. The summed E-state index contributed by atoms with van der Waals surface area (Å²) < 4.78 is 52.4. The van der Waals surface area contributed by atoms with Gasteiger partial charge in [-0.05, 0) is 30.3 Å². The van der Waals surface area contributed by atoms with Gasteiger partial charge in [-0.1, -0.05) is 0 Å². The van der Waals surface area contributed by atoms with Crippen molar-refractivity contribution in [1.29, 1.82) is 0 Å². The van der Waals surface area contributed by atoms with E-state index in [0.29, 0.717) is 33.8 Å². The van der Waals surface area contributed by atoms with E-state index in [1.54, 1.807) is 12.3 Å². The van der Waals surface area contributed by atoms with Gasteiger partial charge in [0.1, 0.15) is 17.2 Å². The molecule has 2 aromatic heterocycles. The largest absolute Gasteiger partial charge is 0.497 e. The normalized spacial score (nSPS) is 11.6. The van der Waals surface area contributed by atoms with Crippen LogP contribution in [0.2, 0.25) is 0 Å². The van der Waals surface area contributed by atoms with Gasteiger partial charge in [0.2, 0.25) is 0 Å². The van der Waals surface area contributed by atoms with Crippen molar-refractivity contribution < 1.29 is 32.2 Å². The Balaban J connectivity index is 1.86. The highest BCUT2D eigenvalue weighted by Crippen LogP contribution is 2.40. The van der Waals surface area contributed by atoms with E-state index in [-0.39, 0.29) is 5.75 Å². The minimum atomic E-state index is -5.07. The Labute approximate surface area is 167 Å². The van der Waals surface area contributed by atoms with Crippen molar-refractivity contribution in [3.8, 4) is 28.5 Å². The number of carbonyl (C=O) groups excluding carboxylic acids is 1. The van der Waals surface area contributed by atoms with Crippen LogP contribution in [-0.4, -0.2) is 41.5 Å². The average molecular weight is 417 g/mol. The molecule has 2 heterocycles. The fourth-order valence-electron chi connectivity index (χ4n) is 3.11. The fraction of sp³-hybridized carbons (Fsp3) is 0.150. The van der Waals surface area contributed by atoms with Gasteiger partial charge in [-0.3, -0.25) is 5.10 Å². The molecule has 30 heavy (non-hydrogen) atoms. The van der Waals surface area contributed by atoms with Crippen LogP contribution in [0.15, 0.2) is 42.6 Å². The summed E-state index contributed by atoms with van der Waals surface area (Å²) in [5, 5.41) is 9.04. The number of alkyl halides is 3. The Morgan fingerprint density at radius 3 is 2.37 bits per heavy atom. The van der Waals surface area contributed by atoms with Crippen molar-refractivity contribution in [2.45, 2.75) is 6.18 Å². The Hall–Kier alpha value is -3.82. The Bertz CT molecular complexity index is 1250. The molecule has 0 radical (unpaired) electrons. The van der Waals surface area contributed by atoms with Gasteiger partial charge in [-0.15, -0.1) is 0 Å². The molecule has 0 bridgehead atoms. The zero-order chi connectivity index (χ0) is 21.5. The number of nitrogens with one attached hydrogen (secondary N) is 1. The quantitative estimate of drug-likeness (QED) is 0.394. The highest BCUT2D eigenvalue weighted by Gasteiger charge is 2.41. The molecule has 0 aliphatic rings. The van der Waals surface area contributed by atoms with Gasteiger partial charge in [0.25, 0.3) is 0 Å². The van der Waals surface area contributed by atoms with Gasteiger partial charge < -0.3 is 14.2 Å². The first-order valence-corrected chi connectivity index (χ1v) is 8.60. The van der Waals surface area contributed by atoms with Crippen molar-refractivity contribution in [2.75, 3.05) is 14.2 Å². The van der Waals surface area contributed by atoms with Gasteiger partial charge in [0.15, 0.2) is 5.65 Å². The molecule has 2 aromatic carbocycles. The number of esters is 1. The maximum absolute atomic E-state index is 12.4. The van der Waals surface area contributed by atoms with Crippen LogP contribution in [0.3, 0.4) is 0 Å². The lowest BCUT2D eigenvalue weighted by molar-refractivity contribution is -0.189. The standard InChI is InChI=1S/C20H14F3N3O4/c1-28-12-7-13-14-9-24-26-18(14)25-17(16(13)15(8-12)29-2)10-3-5-11(6-4-10)30-19(27)20(21,22)23/h3-9H,1-2H3,(H,24,25,26). The van der Waals surface area contributed by atoms with E-state index < -0.39 is 12.1 Å².